The third-order valence-electron chi connectivity index (χ3n) is 2.85. The van der Waals surface area contributed by atoms with Gasteiger partial charge in [-0.1, -0.05) is 13.8 Å². The second-order valence-electron chi connectivity index (χ2n) is 4.76. The minimum Gasteiger partial charge on any atom is -0.339 e. The Morgan fingerprint density at radius 3 is 2.69 bits per heavy atom. The topological polar surface area (TPSA) is 46.3 Å². The monoisotopic (exact) mass is 184 g/mol. The van der Waals surface area contributed by atoms with Crippen molar-refractivity contribution < 1.29 is 4.79 Å². The molecule has 0 aliphatic carbocycles. The first kappa shape index (κ1) is 10.5. The average molecular weight is 184 g/mol. The van der Waals surface area contributed by atoms with E-state index in [2.05, 4.69) is 13.8 Å². The third-order valence-corrected chi connectivity index (χ3v) is 2.85. The minimum atomic E-state index is 0.182. The van der Waals surface area contributed by atoms with E-state index >= 15 is 0 Å². The van der Waals surface area contributed by atoms with Crippen LogP contribution < -0.4 is 5.73 Å². The fourth-order valence-electron chi connectivity index (χ4n) is 1.74. The van der Waals surface area contributed by atoms with Crippen molar-refractivity contribution >= 4 is 5.91 Å². The Labute approximate surface area is 80.3 Å². The number of nitrogens with zero attached hydrogens (tertiary/aromatic N) is 1. The highest BCUT2D eigenvalue weighted by Crippen LogP contribution is 2.31. The number of hydrogen-bond donors (Lipinski definition) is 1. The molecule has 0 aromatic heterocycles. The molecule has 3 heteroatoms. The molecule has 1 saturated heterocycles. The largest absolute Gasteiger partial charge is 0.339 e. The van der Waals surface area contributed by atoms with Gasteiger partial charge in [-0.05, 0) is 18.8 Å². The van der Waals surface area contributed by atoms with Crippen LogP contribution in [-0.4, -0.2) is 29.9 Å². The van der Waals surface area contributed by atoms with Crippen molar-refractivity contribution in [3.8, 4) is 0 Å². The maximum atomic E-state index is 11.7. The van der Waals surface area contributed by atoms with Gasteiger partial charge in [0.2, 0.25) is 5.91 Å². The molecule has 0 saturated carbocycles. The number of hydrogen-bond acceptors (Lipinski definition) is 2. The van der Waals surface area contributed by atoms with Crippen LogP contribution in [0.3, 0.4) is 0 Å². The molecule has 1 aliphatic rings. The van der Waals surface area contributed by atoms with E-state index in [9.17, 15) is 4.79 Å². The lowest BCUT2D eigenvalue weighted by Gasteiger charge is -2.39. The third kappa shape index (κ3) is 2.44. The van der Waals surface area contributed by atoms with Gasteiger partial charge < -0.3 is 10.6 Å². The summed E-state index contributed by atoms with van der Waals surface area (Å²) in [5, 5.41) is 0. The van der Waals surface area contributed by atoms with E-state index in [1.807, 2.05) is 11.8 Å². The zero-order valence-corrected chi connectivity index (χ0v) is 8.84. The zero-order chi connectivity index (χ0) is 10.1. The molecule has 1 amide bonds. The summed E-state index contributed by atoms with van der Waals surface area (Å²) in [4.78, 5) is 13.6. The molecule has 0 spiro atoms. The van der Waals surface area contributed by atoms with Crippen LogP contribution in [0.1, 0.15) is 33.6 Å². The van der Waals surface area contributed by atoms with Crippen molar-refractivity contribution in [3.63, 3.8) is 0 Å². The molecular formula is C10H20N2O. The Morgan fingerprint density at radius 2 is 2.23 bits per heavy atom. The number of piperidine rings is 1. The van der Waals surface area contributed by atoms with Gasteiger partial charge in [0.1, 0.15) is 0 Å². The number of amides is 1. The molecule has 3 nitrogen and oxygen atoms in total. The van der Waals surface area contributed by atoms with Crippen LogP contribution in [0.15, 0.2) is 0 Å². The van der Waals surface area contributed by atoms with Gasteiger partial charge in [0.15, 0.2) is 0 Å². The lowest BCUT2D eigenvalue weighted by Crippen LogP contribution is -2.48. The summed E-state index contributed by atoms with van der Waals surface area (Å²) in [6.45, 7) is 7.73. The minimum absolute atomic E-state index is 0.182. The smallest absolute Gasteiger partial charge is 0.223 e. The molecule has 0 aromatic rings. The SMILES string of the molecule is CC(CN)N1CCC(C)(C)CC1=O. The summed E-state index contributed by atoms with van der Waals surface area (Å²) in [6.07, 6.45) is 1.75. The molecule has 76 valence electrons. The summed E-state index contributed by atoms with van der Waals surface area (Å²) in [5.74, 6) is 0.259. The summed E-state index contributed by atoms with van der Waals surface area (Å²) in [7, 11) is 0. The Kier molecular flexibility index (Phi) is 2.96. The highest BCUT2D eigenvalue weighted by atomic mass is 16.2. The van der Waals surface area contributed by atoms with E-state index in [-0.39, 0.29) is 17.4 Å². The van der Waals surface area contributed by atoms with Crippen LogP contribution in [0.5, 0.6) is 0 Å². The van der Waals surface area contributed by atoms with Gasteiger partial charge in [0, 0.05) is 25.6 Å². The number of likely N-dealkylation sites (tertiary alicyclic amines) is 1. The summed E-state index contributed by atoms with van der Waals surface area (Å²) in [5.41, 5.74) is 5.72. The quantitative estimate of drug-likeness (QED) is 0.695. The molecule has 0 radical (unpaired) electrons. The zero-order valence-electron chi connectivity index (χ0n) is 8.84. The number of nitrogens with two attached hydrogens (primary N) is 1. The molecule has 13 heavy (non-hydrogen) atoms. The lowest BCUT2D eigenvalue weighted by molar-refractivity contribution is -0.139. The molecule has 1 rings (SSSR count). The Hall–Kier alpha value is -0.570. The van der Waals surface area contributed by atoms with Gasteiger partial charge in [-0.15, -0.1) is 0 Å². The second-order valence-corrected chi connectivity index (χ2v) is 4.76. The van der Waals surface area contributed by atoms with Crippen LogP contribution in [0, 0.1) is 5.41 Å². The van der Waals surface area contributed by atoms with Crippen molar-refractivity contribution in [2.24, 2.45) is 11.1 Å². The molecule has 2 N–H and O–H groups in total. The Morgan fingerprint density at radius 1 is 1.62 bits per heavy atom. The number of carbonyl (C=O) groups is 1. The standard InChI is InChI=1S/C10H20N2O/c1-8(7-11)12-5-4-10(2,3)6-9(12)13/h8H,4-7,11H2,1-3H3. The highest BCUT2D eigenvalue weighted by Gasteiger charge is 2.32. The first-order chi connectivity index (χ1) is 5.96. The predicted octanol–water partition coefficient (Wildman–Crippen LogP) is 0.982. The van der Waals surface area contributed by atoms with Gasteiger partial charge in [-0.3, -0.25) is 4.79 Å². The normalized spacial score (nSPS) is 24.6. The maximum absolute atomic E-state index is 11.7. The van der Waals surface area contributed by atoms with Crippen LogP contribution in [0.2, 0.25) is 0 Å². The molecule has 1 heterocycles. The van der Waals surface area contributed by atoms with E-state index in [1.165, 1.54) is 0 Å². The fourth-order valence-corrected chi connectivity index (χ4v) is 1.74. The summed E-state index contributed by atoms with van der Waals surface area (Å²) >= 11 is 0. The van der Waals surface area contributed by atoms with Crippen molar-refractivity contribution in [2.75, 3.05) is 13.1 Å². The molecule has 1 unspecified atom stereocenters. The molecule has 0 aromatic carbocycles. The van der Waals surface area contributed by atoms with Crippen molar-refractivity contribution in [1.82, 2.24) is 4.90 Å². The Bertz CT molecular complexity index is 201. The van der Waals surface area contributed by atoms with Crippen molar-refractivity contribution in [3.05, 3.63) is 0 Å². The number of rotatable bonds is 2. The first-order valence-electron chi connectivity index (χ1n) is 4.96. The van der Waals surface area contributed by atoms with Gasteiger partial charge in [0.25, 0.3) is 0 Å². The molecule has 1 fully saturated rings. The van der Waals surface area contributed by atoms with Crippen LogP contribution in [0.4, 0.5) is 0 Å². The lowest BCUT2D eigenvalue weighted by atomic mass is 9.82. The average Bonchev–Trinajstić information content (AvgIpc) is 2.01. The first-order valence-corrected chi connectivity index (χ1v) is 4.96. The van der Waals surface area contributed by atoms with E-state index in [0.29, 0.717) is 13.0 Å². The summed E-state index contributed by atoms with van der Waals surface area (Å²) in [6, 6.07) is 0.198. The van der Waals surface area contributed by atoms with E-state index in [4.69, 9.17) is 5.73 Å². The van der Waals surface area contributed by atoms with Crippen LogP contribution >= 0.6 is 0 Å². The van der Waals surface area contributed by atoms with Crippen LogP contribution in [0.25, 0.3) is 0 Å². The fraction of sp³-hybridized carbons (Fsp3) is 0.900. The van der Waals surface area contributed by atoms with E-state index < -0.39 is 0 Å². The molecule has 1 aliphatic heterocycles. The molecule has 0 bridgehead atoms. The van der Waals surface area contributed by atoms with E-state index in [1.54, 1.807) is 0 Å². The van der Waals surface area contributed by atoms with E-state index in [0.717, 1.165) is 13.0 Å². The summed E-state index contributed by atoms with van der Waals surface area (Å²) < 4.78 is 0. The number of carbonyl (C=O) groups excluding carboxylic acids is 1. The highest BCUT2D eigenvalue weighted by molar-refractivity contribution is 5.78. The van der Waals surface area contributed by atoms with Crippen molar-refractivity contribution in [1.29, 1.82) is 0 Å². The van der Waals surface area contributed by atoms with Gasteiger partial charge in [-0.25, -0.2) is 0 Å². The van der Waals surface area contributed by atoms with Gasteiger partial charge >= 0.3 is 0 Å². The molecule has 1 atom stereocenters. The molecular weight excluding hydrogens is 164 g/mol. The van der Waals surface area contributed by atoms with Crippen LogP contribution in [-0.2, 0) is 4.79 Å². The van der Waals surface area contributed by atoms with Gasteiger partial charge in [0.05, 0.1) is 0 Å². The second kappa shape index (κ2) is 3.66. The van der Waals surface area contributed by atoms with Crippen molar-refractivity contribution in [2.45, 2.75) is 39.7 Å². The Balaban J connectivity index is 2.59. The van der Waals surface area contributed by atoms with Gasteiger partial charge in [-0.2, -0.15) is 0 Å². The maximum Gasteiger partial charge on any atom is 0.223 e. The predicted molar refractivity (Wildman–Crippen MR) is 53.2 cm³/mol.